The second kappa shape index (κ2) is 5.20. The van der Waals surface area contributed by atoms with Crippen LogP contribution in [0.1, 0.15) is 12.6 Å². The van der Waals surface area contributed by atoms with E-state index in [1.165, 1.54) is 10.8 Å². The number of hydrogen-bond donors (Lipinski definition) is 1. The summed E-state index contributed by atoms with van der Waals surface area (Å²) < 4.78 is 1.82. The van der Waals surface area contributed by atoms with Crippen LogP contribution in [0.4, 0.5) is 0 Å². The monoisotopic (exact) mass is 252 g/mol. The standard InChI is InChI=1S/C15H16N4/c1-2-16-10-14-11-19(18-17-14)15-8-7-12-5-3-4-6-13(12)9-15/h3-9,11,16H,2,10H2,1H3. The molecule has 0 aliphatic carbocycles. The Morgan fingerprint density at radius 2 is 1.95 bits per heavy atom. The first kappa shape index (κ1) is 11.9. The number of nitrogens with zero attached hydrogens (tertiary/aromatic N) is 3. The van der Waals surface area contributed by atoms with E-state index in [9.17, 15) is 0 Å². The average molecular weight is 252 g/mol. The predicted molar refractivity (Wildman–Crippen MR) is 76.2 cm³/mol. The Labute approximate surface area is 112 Å². The molecule has 0 unspecified atom stereocenters. The van der Waals surface area contributed by atoms with Gasteiger partial charge in [0.2, 0.25) is 0 Å². The van der Waals surface area contributed by atoms with Crippen LogP contribution in [0, 0.1) is 0 Å². The summed E-state index contributed by atoms with van der Waals surface area (Å²) >= 11 is 0. The van der Waals surface area contributed by atoms with Gasteiger partial charge in [0.25, 0.3) is 0 Å². The molecule has 1 aromatic heterocycles. The summed E-state index contributed by atoms with van der Waals surface area (Å²) in [5, 5.41) is 14.0. The largest absolute Gasteiger partial charge is 0.311 e. The van der Waals surface area contributed by atoms with E-state index < -0.39 is 0 Å². The molecule has 3 aromatic rings. The number of nitrogens with one attached hydrogen (secondary N) is 1. The van der Waals surface area contributed by atoms with Crippen LogP contribution in [0.3, 0.4) is 0 Å². The molecule has 0 spiro atoms. The van der Waals surface area contributed by atoms with Crippen LogP contribution >= 0.6 is 0 Å². The smallest absolute Gasteiger partial charge is 0.0969 e. The molecule has 4 heteroatoms. The fourth-order valence-electron chi connectivity index (χ4n) is 2.08. The lowest BCUT2D eigenvalue weighted by atomic mass is 10.1. The summed E-state index contributed by atoms with van der Waals surface area (Å²) in [5.74, 6) is 0. The van der Waals surface area contributed by atoms with Gasteiger partial charge in [-0.3, -0.25) is 0 Å². The van der Waals surface area contributed by atoms with Gasteiger partial charge in [0, 0.05) is 6.54 Å². The number of aromatic nitrogens is 3. The molecule has 96 valence electrons. The van der Waals surface area contributed by atoms with Gasteiger partial charge in [-0.1, -0.05) is 42.5 Å². The van der Waals surface area contributed by atoms with Crippen LogP contribution in [0.25, 0.3) is 16.5 Å². The molecular weight excluding hydrogens is 236 g/mol. The van der Waals surface area contributed by atoms with E-state index in [-0.39, 0.29) is 0 Å². The van der Waals surface area contributed by atoms with Crippen LogP contribution in [-0.4, -0.2) is 21.5 Å². The van der Waals surface area contributed by atoms with E-state index in [0.29, 0.717) is 0 Å². The van der Waals surface area contributed by atoms with Crippen molar-refractivity contribution in [2.75, 3.05) is 6.54 Å². The first-order valence-electron chi connectivity index (χ1n) is 6.48. The fourth-order valence-corrected chi connectivity index (χ4v) is 2.08. The molecule has 4 nitrogen and oxygen atoms in total. The summed E-state index contributed by atoms with van der Waals surface area (Å²) in [6.45, 7) is 3.76. The highest BCUT2D eigenvalue weighted by molar-refractivity contribution is 5.84. The summed E-state index contributed by atoms with van der Waals surface area (Å²) in [5.41, 5.74) is 1.99. The zero-order valence-corrected chi connectivity index (χ0v) is 10.9. The molecular formula is C15H16N4. The Morgan fingerprint density at radius 1 is 1.11 bits per heavy atom. The highest BCUT2D eigenvalue weighted by atomic mass is 15.4. The van der Waals surface area contributed by atoms with Crippen molar-refractivity contribution in [3.8, 4) is 5.69 Å². The average Bonchev–Trinajstić information content (AvgIpc) is 2.93. The Hall–Kier alpha value is -2.20. The van der Waals surface area contributed by atoms with Crippen LogP contribution in [-0.2, 0) is 6.54 Å². The number of fused-ring (bicyclic) bond motifs is 1. The molecule has 19 heavy (non-hydrogen) atoms. The van der Waals surface area contributed by atoms with E-state index in [1.54, 1.807) is 0 Å². The van der Waals surface area contributed by atoms with E-state index in [0.717, 1.165) is 24.5 Å². The zero-order valence-electron chi connectivity index (χ0n) is 10.9. The lowest BCUT2D eigenvalue weighted by Gasteiger charge is -2.02. The molecule has 0 amide bonds. The van der Waals surface area contributed by atoms with Crippen LogP contribution in [0.2, 0.25) is 0 Å². The Balaban J connectivity index is 1.92. The maximum absolute atomic E-state index is 4.17. The van der Waals surface area contributed by atoms with Crippen LogP contribution in [0.5, 0.6) is 0 Å². The second-order valence-electron chi connectivity index (χ2n) is 4.47. The predicted octanol–water partition coefficient (Wildman–Crippen LogP) is 2.53. The molecule has 0 atom stereocenters. The molecule has 3 rings (SSSR count). The molecule has 0 aliphatic rings. The summed E-state index contributed by atoms with van der Waals surface area (Å²) in [6.07, 6.45) is 1.97. The van der Waals surface area contributed by atoms with Crippen molar-refractivity contribution in [2.24, 2.45) is 0 Å². The van der Waals surface area contributed by atoms with Crippen molar-refractivity contribution in [2.45, 2.75) is 13.5 Å². The van der Waals surface area contributed by atoms with Gasteiger partial charge in [0.1, 0.15) is 0 Å². The lowest BCUT2D eigenvalue weighted by Crippen LogP contribution is -2.11. The van der Waals surface area contributed by atoms with E-state index in [2.05, 4.69) is 52.9 Å². The van der Waals surface area contributed by atoms with Gasteiger partial charge in [-0.05, 0) is 29.4 Å². The van der Waals surface area contributed by atoms with Gasteiger partial charge >= 0.3 is 0 Å². The fraction of sp³-hybridized carbons (Fsp3) is 0.200. The highest BCUT2D eigenvalue weighted by Gasteiger charge is 2.03. The molecule has 0 fully saturated rings. The van der Waals surface area contributed by atoms with Crippen molar-refractivity contribution in [1.82, 2.24) is 20.3 Å². The Morgan fingerprint density at radius 3 is 2.79 bits per heavy atom. The number of benzene rings is 2. The highest BCUT2D eigenvalue weighted by Crippen LogP contribution is 2.17. The molecule has 1 heterocycles. The summed E-state index contributed by atoms with van der Waals surface area (Å²) in [4.78, 5) is 0. The quantitative estimate of drug-likeness (QED) is 0.776. The van der Waals surface area contributed by atoms with Gasteiger partial charge < -0.3 is 5.32 Å². The maximum Gasteiger partial charge on any atom is 0.0969 e. The van der Waals surface area contributed by atoms with Crippen molar-refractivity contribution in [1.29, 1.82) is 0 Å². The van der Waals surface area contributed by atoms with Gasteiger partial charge in [-0.2, -0.15) is 0 Å². The lowest BCUT2D eigenvalue weighted by molar-refractivity contribution is 0.705. The Bertz CT molecular complexity index is 687. The number of rotatable bonds is 4. The van der Waals surface area contributed by atoms with Crippen LogP contribution in [0.15, 0.2) is 48.7 Å². The SMILES string of the molecule is CCNCc1cn(-c2ccc3ccccc3c2)nn1. The van der Waals surface area contributed by atoms with Crippen molar-refractivity contribution in [3.05, 3.63) is 54.4 Å². The van der Waals surface area contributed by atoms with Gasteiger partial charge in [-0.15, -0.1) is 5.10 Å². The molecule has 2 aromatic carbocycles. The minimum absolute atomic E-state index is 0.754. The normalized spacial score (nSPS) is 11.0. The van der Waals surface area contributed by atoms with Crippen molar-refractivity contribution in [3.63, 3.8) is 0 Å². The van der Waals surface area contributed by atoms with Crippen LogP contribution < -0.4 is 5.32 Å². The molecule has 0 saturated carbocycles. The van der Waals surface area contributed by atoms with Gasteiger partial charge in [0.05, 0.1) is 17.6 Å². The van der Waals surface area contributed by atoms with E-state index in [4.69, 9.17) is 0 Å². The topological polar surface area (TPSA) is 42.7 Å². The summed E-state index contributed by atoms with van der Waals surface area (Å²) in [7, 11) is 0. The van der Waals surface area contributed by atoms with E-state index in [1.807, 2.05) is 23.0 Å². The third kappa shape index (κ3) is 2.48. The Kier molecular flexibility index (Phi) is 3.25. The van der Waals surface area contributed by atoms with Crippen molar-refractivity contribution >= 4 is 10.8 Å². The second-order valence-corrected chi connectivity index (χ2v) is 4.47. The minimum Gasteiger partial charge on any atom is -0.311 e. The molecule has 0 bridgehead atoms. The van der Waals surface area contributed by atoms with Crippen molar-refractivity contribution < 1.29 is 0 Å². The first-order chi connectivity index (χ1) is 9.36. The van der Waals surface area contributed by atoms with Gasteiger partial charge in [-0.25, -0.2) is 4.68 Å². The molecule has 0 saturated heterocycles. The molecule has 0 aliphatic heterocycles. The van der Waals surface area contributed by atoms with E-state index >= 15 is 0 Å². The molecule has 1 N–H and O–H groups in total. The first-order valence-corrected chi connectivity index (χ1v) is 6.48. The zero-order chi connectivity index (χ0) is 13.1. The minimum atomic E-state index is 0.754. The third-order valence-corrected chi connectivity index (χ3v) is 3.09. The maximum atomic E-state index is 4.17. The third-order valence-electron chi connectivity index (χ3n) is 3.09. The number of hydrogen-bond acceptors (Lipinski definition) is 3. The van der Waals surface area contributed by atoms with Gasteiger partial charge in [0.15, 0.2) is 0 Å². The molecule has 0 radical (unpaired) electrons. The summed E-state index contributed by atoms with van der Waals surface area (Å²) in [6, 6.07) is 14.6.